The molecule has 0 saturated carbocycles. The number of hydrogen-bond acceptors (Lipinski definition) is 0. The zero-order valence-corrected chi connectivity index (χ0v) is 5.50. The van der Waals surface area contributed by atoms with Crippen LogP contribution in [0, 0.1) is 0 Å². The van der Waals surface area contributed by atoms with Crippen molar-refractivity contribution in [2.24, 2.45) is 0 Å². The van der Waals surface area contributed by atoms with E-state index in [1.807, 2.05) is 0 Å². The topological polar surface area (TPSA) is 28.5 Å². The van der Waals surface area contributed by atoms with Gasteiger partial charge in [-0.1, -0.05) is 0 Å². The average Bonchev–Trinajstić information content (AvgIpc) is 0. The second-order valence-electron chi connectivity index (χ2n) is 0. The van der Waals surface area contributed by atoms with Gasteiger partial charge in [0.15, 0.2) is 0 Å². The van der Waals surface area contributed by atoms with Crippen LogP contribution in [0.5, 0.6) is 0 Å². The van der Waals surface area contributed by atoms with Crippen molar-refractivity contribution in [3.05, 3.63) is 0 Å². The second-order valence-corrected chi connectivity index (χ2v) is 0. The van der Waals surface area contributed by atoms with Crippen molar-refractivity contribution in [3.8, 4) is 0 Å². The molecule has 0 rings (SSSR count). The van der Waals surface area contributed by atoms with E-state index >= 15 is 0 Å². The van der Waals surface area contributed by atoms with E-state index in [0.717, 1.165) is 0 Å². The molecule has 0 aromatic rings. The molecule has 0 aliphatic rings. The molecule has 4 heavy (non-hydrogen) atoms. The summed E-state index contributed by atoms with van der Waals surface area (Å²) >= 11 is 0. The van der Waals surface area contributed by atoms with Gasteiger partial charge in [0.25, 0.3) is 0 Å². The van der Waals surface area contributed by atoms with Crippen LogP contribution in [0.1, 0.15) is 0 Å². The normalized spacial score (nSPS) is 0. The molecule has 0 saturated heterocycles. The van der Waals surface area contributed by atoms with Crippen LogP contribution in [0.2, 0.25) is 0 Å². The van der Waals surface area contributed by atoms with Crippen molar-refractivity contribution < 1.29 is 22.5 Å². The SMILES string of the molecule is [Al+3].[Cu+2].[Mg+2].[O-2]. The fourth-order valence-corrected chi connectivity index (χ4v) is 0. The molecule has 0 bridgehead atoms. The average molecular weight is 131 g/mol. The van der Waals surface area contributed by atoms with Crippen LogP contribution < -0.4 is 0 Å². The Hall–Kier alpha value is 1.78. The monoisotopic (exact) mass is 130 g/mol. The molecule has 0 aliphatic carbocycles. The number of hydrogen-bond donors (Lipinski definition) is 0. The molecule has 0 fully saturated rings. The van der Waals surface area contributed by atoms with Crippen molar-refractivity contribution in [2.45, 2.75) is 0 Å². The quantitative estimate of drug-likeness (QED) is 0.382. The van der Waals surface area contributed by atoms with E-state index in [1.165, 1.54) is 0 Å². The van der Waals surface area contributed by atoms with Gasteiger partial charge < -0.3 is 5.48 Å². The largest absolute Gasteiger partial charge is 3.00 e. The van der Waals surface area contributed by atoms with Crippen LogP contribution in [0.25, 0.3) is 0 Å². The molecule has 4 heteroatoms. The third-order valence-corrected chi connectivity index (χ3v) is 0. The smallest absolute Gasteiger partial charge is 2.00 e. The number of rotatable bonds is 0. The Morgan fingerprint density at radius 1 is 1.00 bits per heavy atom. The minimum absolute atomic E-state index is 0. The van der Waals surface area contributed by atoms with E-state index in [2.05, 4.69) is 0 Å². The van der Waals surface area contributed by atoms with Crippen molar-refractivity contribution in [2.75, 3.05) is 0 Å². The van der Waals surface area contributed by atoms with E-state index in [0.29, 0.717) is 0 Å². The van der Waals surface area contributed by atoms with E-state index < -0.39 is 0 Å². The van der Waals surface area contributed by atoms with Crippen molar-refractivity contribution in [1.29, 1.82) is 0 Å². The summed E-state index contributed by atoms with van der Waals surface area (Å²) in [6, 6.07) is 0. The fraction of sp³-hybridized carbons (Fsp3) is 0. The first-order valence-corrected chi connectivity index (χ1v) is 0. The second kappa shape index (κ2) is 21.6. The molecule has 17 valence electrons. The zero-order chi connectivity index (χ0) is 0. The van der Waals surface area contributed by atoms with Crippen LogP contribution in [0.15, 0.2) is 0 Å². The molecule has 1 radical (unpaired) electrons. The Kier molecular flexibility index (Phi) is 225. The minimum Gasteiger partial charge on any atom is -2.00 e. The maximum Gasteiger partial charge on any atom is 3.00 e. The molecule has 1 nitrogen and oxygen atoms in total. The van der Waals surface area contributed by atoms with Gasteiger partial charge in [-0.3, -0.25) is 0 Å². The van der Waals surface area contributed by atoms with E-state index in [-0.39, 0.29) is 63.0 Å². The molecule has 0 aromatic carbocycles. The molecule has 0 aromatic heterocycles. The third-order valence-electron chi connectivity index (χ3n) is 0. The van der Waals surface area contributed by atoms with Gasteiger partial charge in [-0.15, -0.1) is 0 Å². The first-order chi connectivity index (χ1) is 0. The first kappa shape index (κ1) is 41.7. The summed E-state index contributed by atoms with van der Waals surface area (Å²) in [6.07, 6.45) is 0. The standard InChI is InChI=1S/Al.Cu.Mg.O/q+3;2*+2;-2. The molecule has 0 spiro atoms. The molecule has 0 atom stereocenters. The Bertz CT molecular complexity index is 8.00. The molecule has 0 heterocycles. The zero-order valence-electron chi connectivity index (χ0n) is 1.99. The van der Waals surface area contributed by atoms with Gasteiger partial charge in [-0.2, -0.15) is 0 Å². The summed E-state index contributed by atoms with van der Waals surface area (Å²) in [5.41, 5.74) is 0. The van der Waals surface area contributed by atoms with E-state index in [1.54, 1.807) is 0 Å². The van der Waals surface area contributed by atoms with Gasteiger partial charge in [-0.05, 0) is 0 Å². The molecule has 0 unspecified atom stereocenters. The molecule has 0 N–H and O–H groups in total. The molecular formula is AlCuMgO+5. The van der Waals surface area contributed by atoms with Gasteiger partial charge in [-0.25, -0.2) is 0 Å². The van der Waals surface area contributed by atoms with Crippen molar-refractivity contribution in [3.63, 3.8) is 0 Å². The Labute approximate surface area is 62.6 Å². The third kappa shape index (κ3) is 9.22. The van der Waals surface area contributed by atoms with Crippen LogP contribution in [-0.4, -0.2) is 40.4 Å². The summed E-state index contributed by atoms with van der Waals surface area (Å²) in [6.45, 7) is 0. The maximum absolute atomic E-state index is 0. The fourth-order valence-electron chi connectivity index (χ4n) is 0. The molecular weight excluding hydrogens is 131 g/mol. The Morgan fingerprint density at radius 2 is 1.00 bits per heavy atom. The van der Waals surface area contributed by atoms with Crippen molar-refractivity contribution in [1.82, 2.24) is 0 Å². The van der Waals surface area contributed by atoms with E-state index in [9.17, 15) is 0 Å². The predicted molar refractivity (Wildman–Crippen MR) is 12.2 cm³/mol. The Balaban J connectivity index is 0. The van der Waals surface area contributed by atoms with Gasteiger partial charge in [0.2, 0.25) is 0 Å². The summed E-state index contributed by atoms with van der Waals surface area (Å²) in [4.78, 5) is 0. The van der Waals surface area contributed by atoms with Crippen molar-refractivity contribution >= 4 is 40.4 Å². The predicted octanol–water partition coefficient (Wildman–Crippen LogP) is -0.883. The summed E-state index contributed by atoms with van der Waals surface area (Å²) in [5, 5.41) is 0. The first-order valence-electron chi connectivity index (χ1n) is 0. The van der Waals surface area contributed by atoms with Gasteiger partial charge >= 0.3 is 57.5 Å². The summed E-state index contributed by atoms with van der Waals surface area (Å²) in [5.74, 6) is 0. The Morgan fingerprint density at radius 3 is 1.00 bits per heavy atom. The van der Waals surface area contributed by atoms with Crippen LogP contribution >= 0.6 is 0 Å². The minimum atomic E-state index is 0. The van der Waals surface area contributed by atoms with E-state index in [4.69, 9.17) is 0 Å². The summed E-state index contributed by atoms with van der Waals surface area (Å²) < 4.78 is 0. The van der Waals surface area contributed by atoms with Crippen LogP contribution in [-0.2, 0) is 22.5 Å². The van der Waals surface area contributed by atoms with Gasteiger partial charge in [0, 0.05) is 0 Å². The van der Waals surface area contributed by atoms with Crippen LogP contribution in [0.4, 0.5) is 0 Å². The maximum atomic E-state index is 0. The molecule has 0 amide bonds. The van der Waals surface area contributed by atoms with Gasteiger partial charge in [0.1, 0.15) is 0 Å². The molecule has 0 aliphatic heterocycles. The summed E-state index contributed by atoms with van der Waals surface area (Å²) in [7, 11) is 0. The van der Waals surface area contributed by atoms with Crippen LogP contribution in [0.3, 0.4) is 0 Å². The van der Waals surface area contributed by atoms with Gasteiger partial charge in [0.05, 0.1) is 0 Å².